The molecule has 2 N–H and O–H groups in total. The van der Waals surface area contributed by atoms with Crippen molar-refractivity contribution in [2.45, 2.75) is 44.2 Å². The van der Waals surface area contributed by atoms with E-state index in [1.54, 1.807) is 0 Å². The molecule has 3 nitrogen and oxygen atoms in total. The summed E-state index contributed by atoms with van der Waals surface area (Å²) in [6.07, 6.45) is 4.19. The number of benzene rings is 1. The maximum Gasteiger partial charge on any atom is 0.253 e. The molecule has 18 heavy (non-hydrogen) atoms. The predicted molar refractivity (Wildman–Crippen MR) is 66.4 cm³/mol. The van der Waals surface area contributed by atoms with Gasteiger partial charge in [-0.3, -0.25) is 4.79 Å². The molecule has 0 bridgehead atoms. The van der Waals surface area contributed by atoms with Crippen molar-refractivity contribution in [3.05, 3.63) is 35.6 Å². The van der Waals surface area contributed by atoms with E-state index in [4.69, 9.17) is 0 Å². The standard InChI is InChI=1S/C14H18FNO2/c15-11-8-6-10(7-9-11)13(17)14(18)16-12-4-2-1-3-5-12/h6-9,12-13,17H,1-5H2,(H,16,18). The average Bonchev–Trinajstić information content (AvgIpc) is 2.40. The monoisotopic (exact) mass is 251 g/mol. The first kappa shape index (κ1) is 13.0. The van der Waals surface area contributed by atoms with Gasteiger partial charge in [-0.2, -0.15) is 0 Å². The van der Waals surface area contributed by atoms with Crippen molar-refractivity contribution in [3.8, 4) is 0 Å². The number of rotatable bonds is 3. The minimum atomic E-state index is -1.22. The Bertz CT molecular complexity index is 399. The third kappa shape index (κ3) is 3.29. The molecule has 98 valence electrons. The van der Waals surface area contributed by atoms with E-state index in [0.717, 1.165) is 25.7 Å². The zero-order valence-electron chi connectivity index (χ0n) is 10.2. The van der Waals surface area contributed by atoms with Gasteiger partial charge in [-0.1, -0.05) is 31.4 Å². The first-order valence-electron chi connectivity index (χ1n) is 6.41. The summed E-state index contributed by atoms with van der Waals surface area (Å²) >= 11 is 0. The number of hydrogen-bond donors (Lipinski definition) is 2. The molecule has 1 unspecified atom stereocenters. The zero-order chi connectivity index (χ0) is 13.0. The van der Waals surface area contributed by atoms with Gasteiger partial charge in [0, 0.05) is 6.04 Å². The molecule has 1 aromatic rings. The Morgan fingerprint density at radius 1 is 1.22 bits per heavy atom. The molecule has 0 radical (unpaired) electrons. The number of aliphatic hydroxyl groups is 1. The molecule has 0 spiro atoms. The van der Waals surface area contributed by atoms with Crippen molar-refractivity contribution in [2.75, 3.05) is 0 Å². The SMILES string of the molecule is O=C(NC1CCCCC1)C(O)c1ccc(F)cc1. The number of carbonyl (C=O) groups is 1. The topological polar surface area (TPSA) is 49.3 Å². The summed E-state index contributed by atoms with van der Waals surface area (Å²) in [6.45, 7) is 0. The third-order valence-corrected chi connectivity index (χ3v) is 3.39. The summed E-state index contributed by atoms with van der Waals surface area (Å²) in [4.78, 5) is 11.8. The van der Waals surface area contributed by atoms with Crippen LogP contribution in [-0.2, 0) is 4.79 Å². The van der Waals surface area contributed by atoms with E-state index in [1.807, 2.05) is 0 Å². The number of amides is 1. The van der Waals surface area contributed by atoms with Gasteiger partial charge in [-0.05, 0) is 30.5 Å². The summed E-state index contributed by atoms with van der Waals surface area (Å²) in [7, 11) is 0. The van der Waals surface area contributed by atoms with Gasteiger partial charge in [0.2, 0.25) is 0 Å². The molecule has 0 heterocycles. The molecule has 0 saturated heterocycles. The van der Waals surface area contributed by atoms with Crippen molar-refractivity contribution in [1.82, 2.24) is 5.32 Å². The van der Waals surface area contributed by atoms with Crippen LogP contribution in [0.25, 0.3) is 0 Å². The molecule has 0 aliphatic heterocycles. The highest BCUT2D eigenvalue weighted by Crippen LogP contribution is 2.19. The van der Waals surface area contributed by atoms with Gasteiger partial charge in [0.05, 0.1) is 0 Å². The molecule has 1 saturated carbocycles. The molecule has 1 atom stereocenters. The molecule has 1 fully saturated rings. The summed E-state index contributed by atoms with van der Waals surface area (Å²) < 4.78 is 12.7. The molecule has 1 aliphatic carbocycles. The van der Waals surface area contributed by atoms with Crippen molar-refractivity contribution in [2.24, 2.45) is 0 Å². The number of hydrogen-bond acceptors (Lipinski definition) is 2. The number of halogens is 1. The quantitative estimate of drug-likeness (QED) is 0.866. The fourth-order valence-corrected chi connectivity index (χ4v) is 2.32. The molecule has 1 amide bonds. The highest BCUT2D eigenvalue weighted by molar-refractivity contribution is 5.82. The van der Waals surface area contributed by atoms with Crippen molar-refractivity contribution in [1.29, 1.82) is 0 Å². The molecular formula is C14H18FNO2. The van der Waals surface area contributed by atoms with E-state index >= 15 is 0 Å². The van der Waals surface area contributed by atoms with Crippen molar-refractivity contribution in [3.63, 3.8) is 0 Å². The molecular weight excluding hydrogens is 233 g/mol. The Morgan fingerprint density at radius 3 is 2.44 bits per heavy atom. The second kappa shape index (κ2) is 5.96. The van der Waals surface area contributed by atoms with Gasteiger partial charge < -0.3 is 10.4 Å². The van der Waals surface area contributed by atoms with Crippen LogP contribution in [0.3, 0.4) is 0 Å². The van der Waals surface area contributed by atoms with Gasteiger partial charge in [0.15, 0.2) is 6.10 Å². The molecule has 1 aromatic carbocycles. The Morgan fingerprint density at radius 2 is 1.83 bits per heavy atom. The Balaban J connectivity index is 1.93. The molecule has 0 aromatic heterocycles. The maximum absolute atomic E-state index is 12.7. The van der Waals surface area contributed by atoms with Gasteiger partial charge in [0.25, 0.3) is 5.91 Å². The lowest BCUT2D eigenvalue weighted by atomic mass is 9.95. The van der Waals surface area contributed by atoms with Crippen LogP contribution in [0, 0.1) is 5.82 Å². The van der Waals surface area contributed by atoms with Crippen LogP contribution >= 0.6 is 0 Å². The van der Waals surface area contributed by atoms with Gasteiger partial charge in [0.1, 0.15) is 5.82 Å². The van der Waals surface area contributed by atoms with E-state index < -0.39 is 12.0 Å². The smallest absolute Gasteiger partial charge is 0.253 e. The minimum absolute atomic E-state index is 0.168. The van der Waals surface area contributed by atoms with Crippen molar-refractivity contribution < 1.29 is 14.3 Å². The maximum atomic E-state index is 12.7. The van der Waals surface area contributed by atoms with E-state index in [0.29, 0.717) is 5.56 Å². The van der Waals surface area contributed by atoms with E-state index in [2.05, 4.69) is 5.32 Å². The van der Waals surface area contributed by atoms with Crippen LogP contribution < -0.4 is 5.32 Å². The highest BCUT2D eigenvalue weighted by atomic mass is 19.1. The van der Waals surface area contributed by atoms with Gasteiger partial charge in [-0.15, -0.1) is 0 Å². The van der Waals surface area contributed by atoms with Gasteiger partial charge in [-0.25, -0.2) is 4.39 Å². The fourth-order valence-electron chi connectivity index (χ4n) is 2.32. The molecule has 2 rings (SSSR count). The lowest BCUT2D eigenvalue weighted by Crippen LogP contribution is -2.39. The normalized spacial score (nSPS) is 18.3. The predicted octanol–water partition coefficient (Wildman–Crippen LogP) is 2.31. The first-order chi connectivity index (χ1) is 8.66. The van der Waals surface area contributed by atoms with Crippen LogP contribution in [0.5, 0.6) is 0 Å². The largest absolute Gasteiger partial charge is 0.378 e. The highest BCUT2D eigenvalue weighted by Gasteiger charge is 2.21. The summed E-state index contributed by atoms with van der Waals surface area (Å²) in [5.74, 6) is -0.771. The molecule has 4 heteroatoms. The number of carbonyl (C=O) groups excluding carboxylic acids is 1. The zero-order valence-corrected chi connectivity index (χ0v) is 10.2. The Kier molecular flexibility index (Phi) is 4.31. The summed E-state index contributed by atoms with van der Waals surface area (Å²) in [6, 6.07) is 5.51. The van der Waals surface area contributed by atoms with Crippen molar-refractivity contribution >= 4 is 5.91 Å². The minimum Gasteiger partial charge on any atom is -0.378 e. The second-order valence-electron chi connectivity index (χ2n) is 4.80. The lowest BCUT2D eigenvalue weighted by Gasteiger charge is -2.24. The van der Waals surface area contributed by atoms with Gasteiger partial charge >= 0.3 is 0 Å². The van der Waals surface area contributed by atoms with E-state index in [-0.39, 0.29) is 11.9 Å². The van der Waals surface area contributed by atoms with Crippen LogP contribution in [0.2, 0.25) is 0 Å². The number of aliphatic hydroxyl groups excluding tert-OH is 1. The average molecular weight is 251 g/mol. The summed E-state index contributed by atoms with van der Waals surface area (Å²) in [5, 5.41) is 12.7. The van der Waals surface area contributed by atoms with Crippen LogP contribution in [0.4, 0.5) is 4.39 Å². The third-order valence-electron chi connectivity index (χ3n) is 3.39. The van der Waals surface area contributed by atoms with E-state index in [9.17, 15) is 14.3 Å². The first-order valence-corrected chi connectivity index (χ1v) is 6.41. The van der Waals surface area contributed by atoms with Crippen LogP contribution in [0.15, 0.2) is 24.3 Å². The fraction of sp³-hybridized carbons (Fsp3) is 0.500. The number of nitrogens with one attached hydrogen (secondary N) is 1. The molecule has 1 aliphatic rings. The van der Waals surface area contributed by atoms with E-state index in [1.165, 1.54) is 30.7 Å². The second-order valence-corrected chi connectivity index (χ2v) is 4.80. The lowest BCUT2D eigenvalue weighted by molar-refractivity contribution is -0.130. The Hall–Kier alpha value is -1.42. The van der Waals surface area contributed by atoms with Crippen LogP contribution in [0.1, 0.15) is 43.8 Å². The summed E-state index contributed by atoms with van der Waals surface area (Å²) in [5.41, 5.74) is 0.421. The van der Waals surface area contributed by atoms with Crippen LogP contribution in [-0.4, -0.2) is 17.1 Å². The Labute approximate surface area is 106 Å².